The van der Waals surface area contributed by atoms with Crippen LogP contribution in [0.3, 0.4) is 0 Å². The number of rotatable bonds is 5. The van der Waals surface area contributed by atoms with Crippen molar-refractivity contribution in [2.45, 2.75) is 51.2 Å². The molecule has 1 aliphatic heterocycles. The van der Waals surface area contributed by atoms with Gasteiger partial charge in [0.2, 0.25) is 5.91 Å². The zero-order chi connectivity index (χ0) is 15.0. The Bertz CT molecular complexity index is 526. The summed E-state index contributed by atoms with van der Waals surface area (Å²) < 4.78 is 1.93. The number of aromatic nitrogens is 2. The van der Waals surface area contributed by atoms with Crippen LogP contribution in [0.5, 0.6) is 0 Å². The number of hydrogen-bond acceptors (Lipinski definition) is 3. The van der Waals surface area contributed by atoms with Crippen LogP contribution in [0.2, 0.25) is 5.15 Å². The zero-order valence-corrected chi connectivity index (χ0v) is 13.5. The van der Waals surface area contributed by atoms with E-state index < -0.39 is 0 Å². The summed E-state index contributed by atoms with van der Waals surface area (Å²) in [5.74, 6) is 1.21. The summed E-state index contributed by atoms with van der Waals surface area (Å²) >= 11 is 6.06. The average molecular weight is 311 g/mol. The van der Waals surface area contributed by atoms with E-state index in [1.165, 1.54) is 19.3 Å². The molecule has 2 aliphatic rings. The second kappa shape index (κ2) is 5.97. The quantitative estimate of drug-likeness (QED) is 0.836. The van der Waals surface area contributed by atoms with Crippen LogP contribution in [-0.2, 0) is 18.4 Å². The van der Waals surface area contributed by atoms with Gasteiger partial charge in [0, 0.05) is 32.6 Å². The van der Waals surface area contributed by atoms with Crippen molar-refractivity contribution in [2.75, 3.05) is 13.1 Å². The van der Waals surface area contributed by atoms with Gasteiger partial charge in [0.1, 0.15) is 11.0 Å². The lowest BCUT2D eigenvalue weighted by Crippen LogP contribution is -2.43. The molecule has 1 atom stereocenters. The SMILES string of the molecule is CC(=O)N(C[C@@H]1CCCN1Cc1ncc(Cl)n1C)C1CC1. The van der Waals surface area contributed by atoms with E-state index in [2.05, 4.69) is 14.8 Å². The molecule has 1 saturated carbocycles. The number of carbonyl (C=O) groups excluding carboxylic acids is 1. The molecular weight excluding hydrogens is 288 g/mol. The van der Waals surface area contributed by atoms with Gasteiger partial charge in [-0.25, -0.2) is 4.98 Å². The maximum absolute atomic E-state index is 11.8. The molecule has 3 rings (SSSR count). The predicted molar refractivity (Wildman–Crippen MR) is 82.1 cm³/mol. The van der Waals surface area contributed by atoms with E-state index in [0.29, 0.717) is 17.2 Å². The van der Waals surface area contributed by atoms with Crippen LogP contribution in [0.25, 0.3) is 0 Å². The van der Waals surface area contributed by atoms with Gasteiger partial charge in [-0.1, -0.05) is 11.6 Å². The van der Waals surface area contributed by atoms with E-state index in [1.54, 1.807) is 13.1 Å². The minimum atomic E-state index is 0.212. The lowest BCUT2D eigenvalue weighted by molar-refractivity contribution is -0.130. The second-order valence-corrected chi connectivity index (χ2v) is 6.61. The number of likely N-dealkylation sites (tertiary alicyclic amines) is 1. The monoisotopic (exact) mass is 310 g/mol. The van der Waals surface area contributed by atoms with Crippen molar-refractivity contribution in [3.8, 4) is 0 Å². The maximum Gasteiger partial charge on any atom is 0.219 e. The highest BCUT2D eigenvalue weighted by molar-refractivity contribution is 6.29. The Kier molecular flexibility index (Phi) is 4.22. The fraction of sp³-hybridized carbons (Fsp3) is 0.733. The van der Waals surface area contributed by atoms with Crippen LogP contribution in [0.15, 0.2) is 6.20 Å². The molecule has 21 heavy (non-hydrogen) atoms. The maximum atomic E-state index is 11.8. The Labute approximate surface area is 130 Å². The molecule has 1 aromatic heterocycles. The molecule has 0 unspecified atom stereocenters. The molecule has 1 saturated heterocycles. The van der Waals surface area contributed by atoms with Gasteiger partial charge >= 0.3 is 0 Å². The zero-order valence-electron chi connectivity index (χ0n) is 12.8. The lowest BCUT2D eigenvalue weighted by atomic mass is 10.2. The molecule has 5 nitrogen and oxygen atoms in total. The normalized spacial score (nSPS) is 22.7. The van der Waals surface area contributed by atoms with E-state index >= 15 is 0 Å². The number of amides is 1. The molecule has 1 aromatic rings. The van der Waals surface area contributed by atoms with Crippen molar-refractivity contribution < 1.29 is 4.79 Å². The third kappa shape index (κ3) is 3.24. The van der Waals surface area contributed by atoms with E-state index in [0.717, 1.165) is 31.9 Å². The summed E-state index contributed by atoms with van der Waals surface area (Å²) in [6, 6.07) is 0.942. The van der Waals surface area contributed by atoms with E-state index in [-0.39, 0.29) is 5.91 Å². The Morgan fingerprint density at radius 2 is 2.24 bits per heavy atom. The molecule has 1 amide bonds. The molecule has 0 spiro atoms. The first-order valence-corrected chi connectivity index (χ1v) is 8.11. The molecule has 2 heterocycles. The Balaban J connectivity index is 1.65. The fourth-order valence-corrected chi connectivity index (χ4v) is 3.36. The Hall–Kier alpha value is -1.07. The van der Waals surface area contributed by atoms with Crippen molar-refractivity contribution in [1.82, 2.24) is 19.4 Å². The minimum absolute atomic E-state index is 0.212. The first-order chi connectivity index (χ1) is 10.1. The first kappa shape index (κ1) is 14.9. The van der Waals surface area contributed by atoms with Crippen LogP contribution in [0.1, 0.15) is 38.4 Å². The smallest absolute Gasteiger partial charge is 0.219 e. The highest BCUT2D eigenvalue weighted by Crippen LogP contribution is 2.29. The van der Waals surface area contributed by atoms with Gasteiger partial charge in [0.15, 0.2) is 0 Å². The number of hydrogen-bond donors (Lipinski definition) is 0. The Morgan fingerprint density at radius 1 is 1.48 bits per heavy atom. The molecule has 6 heteroatoms. The van der Waals surface area contributed by atoms with Crippen molar-refractivity contribution in [2.24, 2.45) is 7.05 Å². The molecule has 0 aromatic carbocycles. The van der Waals surface area contributed by atoms with Gasteiger partial charge in [0.25, 0.3) is 0 Å². The Morgan fingerprint density at radius 3 is 2.81 bits per heavy atom. The summed E-state index contributed by atoms with van der Waals surface area (Å²) in [6.07, 6.45) is 6.39. The number of nitrogens with zero attached hydrogens (tertiary/aromatic N) is 4. The topological polar surface area (TPSA) is 41.4 Å². The standard InChI is InChI=1S/C15H23ClN4O/c1-11(21)20(12-5-6-12)9-13-4-3-7-19(13)10-15-17-8-14(16)18(15)2/h8,12-13H,3-7,9-10H2,1-2H3/t13-/m0/s1. The molecule has 0 N–H and O–H groups in total. The molecule has 0 radical (unpaired) electrons. The van der Waals surface area contributed by atoms with Crippen molar-refractivity contribution >= 4 is 17.5 Å². The lowest BCUT2D eigenvalue weighted by Gasteiger charge is -2.30. The predicted octanol–water partition coefficient (Wildman–Crippen LogP) is 2.05. The first-order valence-electron chi connectivity index (χ1n) is 7.73. The van der Waals surface area contributed by atoms with E-state index in [1.807, 2.05) is 11.6 Å². The molecule has 116 valence electrons. The van der Waals surface area contributed by atoms with Gasteiger partial charge in [-0.05, 0) is 32.2 Å². The third-order valence-corrected chi connectivity index (χ3v) is 5.02. The summed E-state index contributed by atoms with van der Waals surface area (Å²) in [6.45, 7) is 4.43. The minimum Gasteiger partial charge on any atom is -0.338 e. The number of carbonyl (C=O) groups is 1. The van der Waals surface area contributed by atoms with E-state index in [9.17, 15) is 4.79 Å². The second-order valence-electron chi connectivity index (χ2n) is 6.23. The summed E-state index contributed by atoms with van der Waals surface area (Å²) in [4.78, 5) is 20.7. The van der Waals surface area contributed by atoms with Gasteiger partial charge in [-0.3, -0.25) is 9.69 Å². The summed E-state index contributed by atoms with van der Waals surface area (Å²) in [5, 5.41) is 0.670. The van der Waals surface area contributed by atoms with Crippen LogP contribution in [0, 0.1) is 0 Å². The molecule has 1 aliphatic carbocycles. The highest BCUT2D eigenvalue weighted by atomic mass is 35.5. The molecule has 2 fully saturated rings. The van der Waals surface area contributed by atoms with Crippen LogP contribution in [-0.4, -0.2) is 50.4 Å². The van der Waals surface area contributed by atoms with Crippen LogP contribution >= 0.6 is 11.6 Å². The van der Waals surface area contributed by atoms with Crippen molar-refractivity contribution in [1.29, 1.82) is 0 Å². The molecular formula is C15H23ClN4O. The van der Waals surface area contributed by atoms with E-state index in [4.69, 9.17) is 11.6 Å². The summed E-state index contributed by atoms with van der Waals surface area (Å²) in [7, 11) is 1.95. The van der Waals surface area contributed by atoms with Crippen molar-refractivity contribution in [3.63, 3.8) is 0 Å². The van der Waals surface area contributed by atoms with Gasteiger partial charge in [-0.2, -0.15) is 0 Å². The summed E-state index contributed by atoms with van der Waals surface area (Å²) in [5.41, 5.74) is 0. The third-order valence-electron chi connectivity index (χ3n) is 4.67. The molecule has 0 bridgehead atoms. The number of imidazole rings is 1. The van der Waals surface area contributed by atoms with Crippen LogP contribution < -0.4 is 0 Å². The fourth-order valence-electron chi connectivity index (χ4n) is 3.21. The van der Waals surface area contributed by atoms with Gasteiger partial charge < -0.3 is 9.47 Å². The number of halogens is 1. The van der Waals surface area contributed by atoms with Crippen LogP contribution in [0.4, 0.5) is 0 Å². The van der Waals surface area contributed by atoms with Gasteiger partial charge in [-0.15, -0.1) is 0 Å². The largest absolute Gasteiger partial charge is 0.338 e. The highest BCUT2D eigenvalue weighted by Gasteiger charge is 2.35. The van der Waals surface area contributed by atoms with Crippen molar-refractivity contribution in [3.05, 3.63) is 17.2 Å². The average Bonchev–Trinajstić information content (AvgIpc) is 3.12. The van der Waals surface area contributed by atoms with Gasteiger partial charge in [0.05, 0.1) is 12.7 Å².